The van der Waals surface area contributed by atoms with Gasteiger partial charge < -0.3 is 15.4 Å². The molecule has 100 valence electrons. The summed E-state index contributed by atoms with van der Waals surface area (Å²) in [7, 11) is 1.75. The van der Waals surface area contributed by atoms with Gasteiger partial charge in [0, 0.05) is 19.7 Å². The molecule has 0 radical (unpaired) electrons. The summed E-state index contributed by atoms with van der Waals surface area (Å²) >= 11 is 0. The van der Waals surface area contributed by atoms with Gasteiger partial charge in [-0.1, -0.05) is 13.3 Å². The number of unbranched alkanes of at least 4 members (excludes halogenated alkanes) is 1. The molecule has 1 rings (SSSR count). The molecule has 4 nitrogen and oxygen atoms in total. The zero-order chi connectivity index (χ0) is 12.7. The zero-order valence-electron chi connectivity index (χ0n) is 11.3. The lowest BCUT2D eigenvalue weighted by molar-refractivity contribution is -0.123. The Balaban J connectivity index is 2.27. The number of carbonyl (C=O) groups is 1. The predicted octanol–water partition coefficient (Wildman–Crippen LogP) is 1.45. The third kappa shape index (κ3) is 4.64. The van der Waals surface area contributed by atoms with Crippen LogP contribution in [0.3, 0.4) is 0 Å². The van der Waals surface area contributed by atoms with Crippen LogP contribution in [0.2, 0.25) is 0 Å². The van der Waals surface area contributed by atoms with E-state index < -0.39 is 0 Å². The summed E-state index contributed by atoms with van der Waals surface area (Å²) < 4.78 is 5.41. The van der Waals surface area contributed by atoms with Crippen molar-refractivity contribution in [1.29, 1.82) is 0 Å². The highest BCUT2D eigenvalue weighted by Crippen LogP contribution is 2.21. The summed E-state index contributed by atoms with van der Waals surface area (Å²) in [5, 5.41) is 6.32. The second kappa shape index (κ2) is 7.67. The maximum atomic E-state index is 11.8. The monoisotopic (exact) mass is 242 g/mol. The van der Waals surface area contributed by atoms with Crippen molar-refractivity contribution < 1.29 is 9.53 Å². The second-order valence-corrected chi connectivity index (χ2v) is 4.84. The largest absolute Gasteiger partial charge is 0.380 e. The van der Waals surface area contributed by atoms with Gasteiger partial charge in [0.1, 0.15) is 0 Å². The molecule has 0 spiro atoms. The Hall–Kier alpha value is -0.610. The topological polar surface area (TPSA) is 50.4 Å². The van der Waals surface area contributed by atoms with E-state index in [1.807, 2.05) is 6.92 Å². The Labute approximate surface area is 104 Å². The van der Waals surface area contributed by atoms with E-state index in [2.05, 4.69) is 17.6 Å². The molecule has 1 amide bonds. The molecule has 0 saturated heterocycles. The molecule has 3 atom stereocenters. The van der Waals surface area contributed by atoms with Gasteiger partial charge in [-0.05, 0) is 32.6 Å². The fourth-order valence-corrected chi connectivity index (χ4v) is 2.34. The second-order valence-electron chi connectivity index (χ2n) is 4.84. The van der Waals surface area contributed by atoms with Crippen LogP contribution in [0.1, 0.15) is 46.0 Å². The van der Waals surface area contributed by atoms with E-state index in [1.165, 1.54) is 6.42 Å². The summed E-state index contributed by atoms with van der Waals surface area (Å²) in [5.74, 6) is 0.0974. The number of rotatable bonds is 7. The van der Waals surface area contributed by atoms with Crippen molar-refractivity contribution in [3.8, 4) is 0 Å². The van der Waals surface area contributed by atoms with E-state index in [9.17, 15) is 4.79 Å². The number of hydrogen-bond donors (Lipinski definition) is 2. The quantitative estimate of drug-likeness (QED) is 0.664. The number of methoxy groups -OCH3 is 1. The van der Waals surface area contributed by atoms with Crippen molar-refractivity contribution in [1.82, 2.24) is 10.6 Å². The number of ether oxygens (including phenoxy) is 1. The number of amides is 1. The smallest absolute Gasteiger partial charge is 0.236 e. The third-order valence-electron chi connectivity index (χ3n) is 3.44. The highest BCUT2D eigenvalue weighted by molar-refractivity contribution is 5.81. The standard InChI is InChI=1S/C13H26N2O2/c1-4-5-9-14-13(16)10(2)15-11-7-6-8-12(11)17-3/h10-12,15H,4-9H2,1-3H3,(H,14,16). The van der Waals surface area contributed by atoms with Crippen LogP contribution in [0, 0.1) is 0 Å². The van der Waals surface area contributed by atoms with Crippen molar-refractivity contribution in [3.63, 3.8) is 0 Å². The molecule has 0 aromatic heterocycles. The molecule has 3 unspecified atom stereocenters. The molecule has 4 heteroatoms. The van der Waals surface area contributed by atoms with Crippen molar-refractivity contribution in [2.24, 2.45) is 0 Å². The molecule has 2 N–H and O–H groups in total. The summed E-state index contributed by atoms with van der Waals surface area (Å²) in [6, 6.07) is 0.194. The van der Waals surface area contributed by atoms with Crippen LogP contribution < -0.4 is 10.6 Å². The fraction of sp³-hybridized carbons (Fsp3) is 0.923. The molecular weight excluding hydrogens is 216 g/mol. The lowest BCUT2D eigenvalue weighted by Crippen LogP contribution is -2.49. The number of nitrogens with one attached hydrogen (secondary N) is 2. The lowest BCUT2D eigenvalue weighted by atomic mass is 10.1. The van der Waals surface area contributed by atoms with Crippen LogP contribution in [0.5, 0.6) is 0 Å². The van der Waals surface area contributed by atoms with Crippen LogP contribution in [0.25, 0.3) is 0 Å². The molecule has 1 aliphatic rings. The third-order valence-corrected chi connectivity index (χ3v) is 3.44. The SMILES string of the molecule is CCCCNC(=O)C(C)NC1CCCC1OC. The first-order valence-electron chi connectivity index (χ1n) is 6.75. The van der Waals surface area contributed by atoms with Crippen molar-refractivity contribution in [2.45, 2.75) is 64.1 Å². The van der Waals surface area contributed by atoms with Gasteiger partial charge in [-0.2, -0.15) is 0 Å². The molecular formula is C13H26N2O2. The highest BCUT2D eigenvalue weighted by atomic mass is 16.5. The van der Waals surface area contributed by atoms with E-state index in [-0.39, 0.29) is 18.1 Å². The first-order chi connectivity index (χ1) is 8.19. The van der Waals surface area contributed by atoms with E-state index >= 15 is 0 Å². The molecule has 0 bridgehead atoms. The van der Waals surface area contributed by atoms with Gasteiger partial charge in [-0.3, -0.25) is 4.79 Å². The maximum absolute atomic E-state index is 11.8. The van der Waals surface area contributed by atoms with Crippen molar-refractivity contribution in [3.05, 3.63) is 0 Å². The normalized spacial score (nSPS) is 25.8. The van der Waals surface area contributed by atoms with Crippen LogP contribution in [-0.4, -0.2) is 37.7 Å². The van der Waals surface area contributed by atoms with Crippen LogP contribution >= 0.6 is 0 Å². The Morgan fingerprint density at radius 2 is 2.24 bits per heavy atom. The minimum Gasteiger partial charge on any atom is -0.380 e. The summed E-state index contributed by atoms with van der Waals surface area (Å²) in [4.78, 5) is 11.8. The molecule has 0 aromatic carbocycles. The van der Waals surface area contributed by atoms with Gasteiger partial charge in [0.15, 0.2) is 0 Å². The van der Waals surface area contributed by atoms with Crippen LogP contribution in [0.15, 0.2) is 0 Å². The minimum absolute atomic E-state index is 0.0974. The van der Waals surface area contributed by atoms with E-state index in [4.69, 9.17) is 4.74 Å². The van der Waals surface area contributed by atoms with E-state index in [0.717, 1.165) is 32.2 Å². The van der Waals surface area contributed by atoms with Crippen LogP contribution in [0.4, 0.5) is 0 Å². The summed E-state index contributed by atoms with van der Waals surface area (Å²) in [6.45, 7) is 4.82. The number of carbonyl (C=O) groups excluding carboxylic acids is 1. The van der Waals surface area contributed by atoms with Gasteiger partial charge in [0.2, 0.25) is 5.91 Å². The molecule has 1 aliphatic carbocycles. The maximum Gasteiger partial charge on any atom is 0.236 e. The van der Waals surface area contributed by atoms with Gasteiger partial charge in [0.25, 0.3) is 0 Å². The average molecular weight is 242 g/mol. The molecule has 0 aromatic rings. The van der Waals surface area contributed by atoms with Gasteiger partial charge in [-0.15, -0.1) is 0 Å². The Kier molecular flexibility index (Phi) is 6.52. The zero-order valence-corrected chi connectivity index (χ0v) is 11.3. The first kappa shape index (κ1) is 14.5. The van der Waals surface area contributed by atoms with Crippen molar-refractivity contribution >= 4 is 5.91 Å². The molecule has 0 heterocycles. The van der Waals surface area contributed by atoms with Gasteiger partial charge in [-0.25, -0.2) is 0 Å². The lowest BCUT2D eigenvalue weighted by Gasteiger charge is -2.23. The van der Waals surface area contributed by atoms with Gasteiger partial charge >= 0.3 is 0 Å². The van der Waals surface area contributed by atoms with E-state index in [0.29, 0.717) is 6.04 Å². The molecule has 0 aliphatic heterocycles. The first-order valence-corrected chi connectivity index (χ1v) is 6.75. The van der Waals surface area contributed by atoms with Crippen LogP contribution in [-0.2, 0) is 9.53 Å². The summed E-state index contributed by atoms with van der Waals surface area (Å²) in [5.41, 5.74) is 0. The molecule has 1 saturated carbocycles. The minimum atomic E-state index is -0.132. The Morgan fingerprint density at radius 3 is 2.88 bits per heavy atom. The van der Waals surface area contributed by atoms with Crippen molar-refractivity contribution in [2.75, 3.05) is 13.7 Å². The Bertz CT molecular complexity index is 233. The Morgan fingerprint density at radius 1 is 1.47 bits per heavy atom. The van der Waals surface area contributed by atoms with E-state index in [1.54, 1.807) is 7.11 Å². The van der Waals surface area contributed by atoms with Gasteiger partial charge in [0.05, 0.1) is 12.1 Å². The fourth-order valence-electron chi connectivity index (χ4n) is 2.34. The molecule has 1 fully saturated rings. The predicted molar refractivity (Wildman–Crippen MR) is 69.0 cm³/mol. The number of hydrogen-bond acceptors (Lipinski definition) is 3. The summed E-state index contributed by atoms with van der Waals surface area (Å²) in [6.07, 6.45) is 5.80. The molecule has 17 heavy (non-hydrogen) atoms. The average Bonchev–Trinajstić information content (AvgIpc) is 2.76. The highest BCUT2D eigenvalue weighted by Gasteiger charge is 2.29.